The Kier molecular flexibility index (Phi) is 4.65. The van der Waals surface area contributed by atoms with Gasteiger partial charge in [0.2, 0.25) is 0 Å². The predicted octanol–water partition coefficient (Wildman–Crippen LogP) is 0.491. The lowest BCUT2D eigenvalue weighted by Gasteiger charge is -2.06. The van der Waals surface area contributed by atoms with Crippen LogP contribution >= 0.6 is 0 Å². The highest BCUT2D eigenvalue weighted by atomic mass is 32.2. The Bertz CT molecular complexity index is 508. The molecular weight excluding hydrogens is 242 g/mol. The lowest BCUT2D eigenvalue weighted by Crippen LogP contribution is -2.65. The zero-order valence-electron chi connectivity index (χ0n) is 9.51. The van der Waals surface area contributed by atoms with E-state index in [0.29, 0.717) is 6.42 Å². The summed E-state index contributed by atoms with van der Waals surface area (Å²) in [6.07, 6.45) is 2.11. The molecule has 0 aliphatic carbocycles. The van der Waals surface area contributed by atoms with Crippen molar-refractivity contribution in [2.75, 3.05) is 0 Å². The predicted molar refractivity (Wildman–Crippen MR) is 64.2 cm³/mol. The Morgan fingerprint density at radius 1 is 1.41 bits per heavy atom. The molecular formula is C11H15NO4S. The molecule has 1 aromatic carbocycles. The first kappa shape index (κ1) is 13.7. The van der Waals surface area contributed by atoms with Crippen LogP contribution in [-0.4, -0.2) is 18.7 Å². The molecule has 94 valence electrons. The van der Waals surface area contributed by atoms with Crippen LogP contribution in [0.1, 0.15) is 31.7 Å². The van der Waals surface area contributed by atoms with E-state index in [1.165, 1.54) is 18.2 Å². The SMILES string of the molecule is CCCCC(=[NH+][O-])c1ccccc1S(=O)(=O)O. The largest absolute Gasteiger partial charge is 0.625 e. The van der Waals surface area contributed by atoms with Crippen molar-refractivity contribution < 1.29 is 18.1 Å². The van der Waals surface area contributed by atoms with Gasteiger partial charge >= 0.3 is 0 Å². The third-order valence-electron chi connectivity index (χ3n) is 2.39. The summed E-state index contributed by atoms with van der Waals surface area (Å²) < 4.78 is 31.4. The van der Waals surface area contributed by atoms with Crippen molar-refractivity contribution in [3.05, 3.63) is 35.0 Å². The fourth-order valence-electron chi connectivity index (χ4n) is 1.54. The number of rotatable bonds is 5. The lowest BCUT2D eigenvalue weighted by atomic mass is 10.1. The molecule has 0 amide bonds. The second-order valence-electron chi connectivity index (χ2n) is 3.66. The van der Waals surface area contributed by atoms with Gasteiger partial charge in [-0.25, -0.2) is 5.16 Å². The van der Waals surface area contributed by atoms with E-state index in [4.69, 9.17) is 4.55 Å². The van der Waals surface area contributed by atoms with Crippen LogP contribution in [0.25, 0.3) is 0 Å². The van der Waals surface area contributed by atoms with Crippen molar-refractivity contribution in [3.63, 3.8) is 0 Å². The number of benzene rings is 1. The summed E-state index contributed by atoms with van der Waals surface area (Å²) in [5.41, 5.74) is 0.513. The minimum atomic E-state index is -4.31. The Labute approximate surface area is 101 Å². The molecule has 0 fully saturated rings. The molecule has 0 spiro atoms. The van der Waals surface area contributed by atoms with E-state index in [1.807, 2.05) is 6.92 Å². The smallest absolute Gasteiger partial charge is 0.295 e. The third kappa shape index (κ3) is 3.54. The van der Waals surface area contributed by atoms with Gasteiger partial charge in [0.25, 0.3) is 10.1 Å². The van der Waals surface area contributed by atoms with E-state index in [2.05, 4.69) is 0 Å². The van der Waals surface area contributed by atoms with Crippen LogP contribution in [0.5, 0.6) is 0 Å². The lowest BCUT2D eigenvalue weighted by molar-refractivity contribution is -0.374. The maximum absolute atomic E-state index is 11.2. The van der Waals surface area contributed by atoms with Gasteiger partial charge in [-0.15, -0.1) is 0 Å². The first-order valence-corrected chi connectivity index (χ1v) is 6.75. The first-order valence-electron chi connectivity index (χ1n) is 5.31. The van der Waals surface area contributed by atoms with Gasteiger partial charge in [0.05, 0.1) is 5.56 Å². The van der Waals surface area contributed by atoms with E-state index in [0.717, 1.165) is 12.8 Å². The third-order valence-corrected chi connectivity index (χ3v) is 3.31. The normalized spacial score (nSPS) is 12.7. The first-order chi connectivity index (χ1) is 8.00. The molecule has 0 atom stereocenters. The van der Waals surface area contributed by atoms with Crippen LogP contribution in [0.2, 0.25) is 0 Å². The van der Waals surface area contributed by atoms with Gasteiger partial charge in [-0.1, -0.05) is 25.5 Å². The van der Waals surface area contributed by atoms with Crippen molar-refractivity contribution in [2.24, 2.45) is 0 Å². The Morgan fingerprint density at radius 2 is 2.06 bits per heavy atom. The van der Waals surface area contributed by atoms with Gasteiger partial charge in [-0.3, -0.25) is 4.55 Å². The summed E-state index contributed by atoms with van der Waals surface area (Å²) >= 11 is 0. The van der Waals surface area contributed by atoms with Gasteiger partial charge in [0.15, 0.2) is 5.71 Å². The topological polar surface area (TPSA) is 91.4 Å². The van der Waals surface area contributed by atoms with E-state index in [9.17, 15) is 13.6 Å². The number of hydrogen-bond donors (Lipinski definition) is 2. The molecule has 0 aliphatic rings. The second-order valence-corrected chi connectivity index (χ2v) is 5.05. The van der Waals surface area contributed by atoms with Crippen LogP contribution in [0.4, 0.5) is 0 Å². The summed E-state index contributed by atoms with van der Waals surface area (Å²) in [5, 5.41) is 12.6. The highest BCUT2D eigenvalue weighted by molar-refractivity contribution is 7.86. The monoisotopic (exact) mass is 257 g/mol. The molecule has 0 saturated heterocycles. The maximum Gasteiger partial charge on any atom is 0.295 e. The number of unbranched alkanes of at least 4 members (excludes halogenated alkanes) is 1. The van der Waals surface area contributed by atoms with Crippen LogP contribution in [0, 0.1) is 5.21 Å². The average Bonchev–Trinajstić information content (AvgIpc) is 2.29. The van der Waals surface area contributed by atoms with Crippen LogP contribution in [0.15, 0.2) is 29.2 Å². The van der Waals surface area contributed by atoms with Crippen molar-refractivity contribution in [1.82, 2.24) is 0 Å². The van der Waals surface area contributed by atoms with Crippen LogP contribution in [-0.2, 0) is 10.1 Å². The quantitative estimate of drug-likeness (QED) is 0.347. The van der Waals surface area contributed by atoms with Crippen LogP contribution < -0.4 is 5.16 Å². The molecule has 0 aromatic heterocycles. The van der Waals surface area contributed by atoms with Gasteiger partial charge < -0.3 is 5.21 Å². The summed E-state index contributed by atoms with van der Waals surface area (Å²) in [4.78, 5) is -0.241. The Morgan fingerprint density at radius 3 is 2.59 bits per heavy atom. The Balaban J connectivity index is 3.21. The minimum absolute atomic E-state index is 0.235. The molecule has 0 heterocycles. The molecule has 0 bridgehead atoms. The number of nitrogens with one attached hydrogen (secondary N) is 1. The standard InChI is InChI=1S/C11H15NO4S/c1-2-3-7-10(12-13)9-6-4-5-8-11(9)17(14,15)16/h4-6,8,12H,2-3,7H2,1H3,(H-,13,14,15,16). The molecule has 2 N–H and O–H groups in total. The summed E-state index contributed by atoms with van der Waals surface area (Å²) in [7, 11) is -4.31. The molecule has 0 saturated carbocycles. The van der Waals surface area contributed by atoms with Gasteiger partial charge in [-0.2, -0.15) is 8.42 Å². The summed E-state index contributed by atoms with van der Waals surface area (Å²) in [5.74, 6) is 0. The Hall–Kier alpha value is -1.40. The fraction of sp³-hybridized carbons (Fsp3) is 0.364. The van der Waals surface area contributed by atoms with E-state index in [-0.39, 0.29) is 16.2 Å². The molecule has 1 rings (SSSR count). The zero-order chi connectivity index (χ0) is 12.9. The highest BCUT2D eigenvalue weighted by Crippen LogP contribution is 2.16. The molecule has 5 nitrogen and oxygen atoms in total. The van der Waals surface area contributed by atoms with Crippen molar-refractivity contribution in [3.8, 4) is 0 Å². The zero-order valence-corrected chi connectivity index (χ0v) is 10.3. The minimum Gasteiger partial charge on any atom is -0.625 e. The summed E-state index contributed by atoms with van der Waals surface area (Å²) in [6, 6.07) is 5.88. The molecule has 0 unspecified atom stereocenters. The number of hydrogen-bond acceptors (Lipinski definition) is 3. The molecule has 0 aliphatic heterocycles. The van der Waals surface area contributed by atoms with Crippen molar-refractivity contribution in [2.45, 2.75) is 31.1 Å². The fourth-order valence-corrected chi connectivity index (χ4v) is 2.25. The van der Waals surface area contributed by atoms with Crippen molar-refractivity contribution >= 4 is 15.8 Å². The molecule has 1 aromatic rings. The average molecular weight is 257 g/mol. The summed E-state index contributed by atoms with van der Waals surface area (Å²) in [6.45, 7) is 1.97. The molecule has 6 heteroatoms. The van der Waals surface area contributed by atoms with E-state index >= 15 is 0 Å². The second kappa shape index (κ2) is 5.79. The van der Waals surface area contributed by atoms with Gasteiger partial charge in [0, 0.05) is 6.42 Å². The molecule has 17 heavy (non-hydrogen) atoms. The maximum atomic E-state index is 11.2. The molecule has 0 radical (unpaired) electrons. The van der Waals surface area contributed by atoms with E-state index in [1.54, 1.807) is 11.2 Å². The highest BCUT2D eigenvalue weighted by Gasteiger charge is 2.20. The van der Waals surface area contributed by atoms with Crippen molar-refractivity contribution in [1.29, 1.82) is 0 Å². The van der Waals surface area contributed by atoms with Gasteiger partial charge in [0.1, 0.15) is 4.90 Å². The van der Waals surface area contributed by atoms with Crippen LogP contribution in [0.3, 0.4) is 0 Å². The van der Waals surface area contributed by atoms with E-state index < -0.39 is 10.1 Å². The van der Waals surface area contributed by atoms with Gasteiger partial charge in [-0.05, 0) is 18.6 Å².